The summed E-state index contributed by atoms with van der Waals surface area (Å²) in [6.07, 6.45) is 9.81. The third kappa shape index (κ3) is 1.91. The van der Waals surface area contributed by atoms with Gasteiger partial charge in [-0.3, -0.25) is 4.68 Å². The Balaban J connectivity index is 1.54. The molecule has 0 radical (unpaired) electrons. The van der Waals surface area contributed by atoms with E-state index in [1.165, 1.54) is 5.56 Å². The zero-order valence-electron chi connectivity index (χ0n) is 13.3. The Morgan fingerprint density at radius 3 is 2.96 bits per heavy atom. The van der Waals surface area contributed by atoms with Gasteiger partial charge >= 0.3 is 0 Å². The van der Waals surface area contributed by atoms with Gasteiger partial charge in [0.05, 0.1) is 30.4 Å². The summed E-state index contributed by atoms with van der Waals surface area (Å²) in [5.74, 6) is 0.398. The number of rotatable bonds is 2. The molecule has 6 nitrogen and oxygen atoms in total. The smallest absolute Gasteiger partial charge is 0.137 e. The van der Waals surface area contributed by atoms with Crippen LogP contribution in [0.3, 0.4) is 0 Å². The van der Waals surface area contributed by atoms with E-state index in [9.17, 15) is 0 Å². The fraction of sp³-hybridized carbons (Fsp3) is 0.389. The van der Waals surface area contributed by atoms with E-state index in [0.29, 0.717) is 5.92 Å². The van der Waals surface area contributed by atoms with Crippen LogP contribution in [0.2, 0.25) is 0 Å². The second kappa shape index (κ2) is 4.92. The minimum Gasteiger partial charge on any atom is -0.373 e. The largest absolute Gasteiger partial charge is 0.373 e. The lowest BCUT2D eigenvalue weighted by molar-refractivity contribution is 0.0951. The van der Waals surface area contributed by atoms with Gasteiger partial charge in [-0.1, -0.05) is 0 Å². The van der Waals surface area contributed by atoms with Crippen molar-refractivity contribution in [2.75, 3.05) is 0 Å². The van der Waals surface area contributed by atoms with Gasteiger partial charge in [0.25, 0.3) is 0 Å². The van der Waals surface area contributed by atoms with Crippen molar-refractivity contribution in [3.63, 3.8) is 0 Å². The van der Waals surface area contributed by atoms with E-state index in [-0.39, 0.29) is 18.1 Å². The molecule has 3 aromatic heterocycles. The quantitative estimate of drug-likeness (QED) is 0.787. The van der Waals surface area contributed by atoms with E-state index >= 15 is 0 Å². The molecule has 1 N–H and O–H groups in total. The number of hydrogen-bond donors (Lipinski definition) is 1. The van der Waals surface area contributed by atoms with E-state index in [4.69, 9.17) is 10.00 Å². The topological polar surface area (TPSA) is 79.5 Å². The number of aryl methyl sites for hydroxylation is 1. The Kier molecular flexibility index (Phi) is 2.82. The van der Waals surface area contributed by atoms with Crippen molar-refractivity contribution in [1.82, 2.24) is 19.7 Å². The van der Waals surface area contributed by atoms with Crippen molar-refractivity contribution in [3.8, 4) is 17.2 Å². The fourth-order valence-electron chi connectivity index (χ4n) is 4.17. The van der Waals surface area contributed by atoms with Crippen LogP contribution in [-0.2, 0) is 11.8 Å². The fourth-order valence-corrected chi connectivity index (χ4v) is 4.17. The second-order valence-electron chi connectivity index (χ2n) is 6.80. The van der Waals surface area contributed by atoms with Gasteiger partial charge in [-0.2, -0.15) is 10.4 Å². The van der Waals surface area contributed by atoms with Gasteiger partial charge in [-0.15, -0.1) is 0 Å². The maximum absolute atomic E-state index is 9.17. The Labute approximate surface area is 139 Å². The lowest BCUT2D eigenvalue weighted by Gasteiger charge is -2.21. The van der Waals surface area contributed by atoms with Crippen LogP contribution in [0, 0.1) is 17.2 Å². The summed E-state index contributed by atoms with van der Waals surface area (Å²) in [5.41, 5.74) is 4.29. The molecule has 5 heterocycles. The van der Waals surface area contributed by atoms with Crippen LogP contribution in [0.1, 0.15) is 24.3 Å². The number of fused-ring (bicyclic) bond motifs is 3. The van der Waals surface area contributed by atoms with Gasteiger partial charge in [0.15, 0.2) is 0 Å². The highest BCUT2D eigenvalue weighted by Crippen LogP contribution is 2.47. The highest BCUT2D eigenvalue weighted by Gasteiger charge is 2.47. The second-order valence-corrected chi connectivity index (χ2v) is 6.80. The molecule has 4 atom stereocenters. The molecule has 0 amide bonds. The SMILES string of the molecule is Cn1cc(-c2c[nH]c3ncc([C@@H]4C[C@H]5O[C@@H]4CC5C#N)cc23)cn1. The Bertz CT molecular complexity index is 965. The van der Waals surface area contributed by atoms with Crippen LogP contribution in [0.15, 0.2) is 30.9 Å². The van der Waals surface area contributed by atoms with Crippen molar-refractivity contribution >= 4 is 11.0 Å². The first-order valence-corrected chi connectivity index (χ1v) is 8.24. The molecular formula is C18H17N5O. The van der Waals surface area contributed by atoms with Crippen LogP contribution in [0.25, 0.3) is 22.2 Å². The number of H-pyrrole nitrogens is 1. The summed E-state index contributed by atoms with van der Waals surface area (Å²) in [6, 6.07) is 4.59. The maximum atomic E-state index is 9.17. The zero-order chi connectivity index (χ0) is 16.3. The highest BCUT2D eigenvalue weighted by molar-refractivity contribution is 5.93. The third-order valence-corrected chi connectivity index (χ3v) is 5.38. The predicted octanol–water partition coefficient (Wildman–Crippen LogP) is 2.75. The number of aromatic nitrogens is 4. The molecule has 0 aliphatic carbocycles. The molecule has 24 heavy (non-hydrogen) atoms. The molecule has 120 valence electrons. The number of ether oxygens (including phenoxy) is 1. The first-order valence-electron chi connectivity index (χ1n) is 8.24. The number of aromatic amines is 1. The molecule has 0 spiro atoms. The maximum Gasteiger partial charge on any atom is 0.137 e. The predicted molar refractivity (Wildman–Crippen MR) is 88.0 cm³/mol. The van der Waals surface area contributed by atoms with Crippen molar-refractivity contribution in [2.45, 2.75) is 31.0 Å². The van der Waals surface area contributed by atoms with Gasteiger partial charge < -0.3 is 9.72 Å². The molecule has 0 aromatic carbocycles. The minimum atomic E-state index is 0.0566. The van der Waals surface area contributed by atoms with Crippen molar-refractivity contribution < 1.29 is 4.74 Å². The molecule has 1 unspecified atom stereocenters. The van der Waals surface area contributed by atoms with Gasteiger partial charge in [-0.25, -0.2) is 4.98 Å². The average molecular weight is 319 g/mol. The van der Waals surface area contributed by atoms with Crippen molar-refractivity contribution in [3.05, 3.63) is 36.4 Å². The molecular weight excluding hydrogens is 302 g/mol. The number of nitriles is 1. The molecule has 2 aliphatic heterocycles. The summed E-state index contributed by atoms with van der Waals surface area (Å²) in [4.78, 5) is 7.84. The molecule has 0 saturated carbocycles. The Morgan fingerprint density at radius 1 is 1.33 bits per heavy atom. The molecule has 5 rings (SSSR count). The van der Waals surface area contributed by atoms with Crippen molar-refractivity contribution in [1.29, 1.82) is 5.26 Å². The van der Waals surface area contributed by atoms with E-state index in [1.54, 1.807) is 4.68 Å². The number of pyridine rings is 1. The lowest BCUT2D eigenvalue weighted by atomic mass is 9.79. The summed E-state index contributed by atoms with van der Waals surface area (Å²) in [6.45, 7) is 0. The third-order valence-electron chi connectivity index (χ3n) is 5.38. The van der Waals surface area contributed by atoms with Crippen LogP contribution < -0.4 is 0 Å². The molecule has 3 aromatic rings. The average Bonchev–Trinajstić information content (AvgIpc) is 3.35. The number of hydrogen-bond acceptors (Lipinski definition) is 4. The summed E-state index contributed by atoms with van der Waals surface area (Å²) in [7, 11) is 1.92. The summed E-state index contributed by atoms with van der Waals surface area (Å²) >= 11 is 0. The summed E-state index contributed by atoms with van der Waals surface area (Å²) in [5, 5.41) is 14.5. The monoisotopic (exact) mass is 319 g/mol. The number of nitrogens with one attached hydrogen (secondary N) is 1. The molecule has 2 aliphatic rings. The van der Waals surface area contributed by atoms with E-state index in [1.807, 2.05) is 31.8 Å². The van der Waals surface area contributed by atoms with Crippen LogP contribution in [0.5, 0.6) is 0 Å². The molecule has 2 bridgehead atoms. The van der Waals surface area contributed by atoms with Gasteiger partial charge in [-0.05, 0) is 24.5 Å². The Hall–Kier alpha value is -2.65. The van der Waals surface area contributed by atoms with Gasteiger partial charge in [0.2, 0.25) is 0 Å². The van der Waals surface area contributed by atoms with Gasteiger partial charge in [0, 0.05) is 48.1 Å². The van der Waals surface area contributed by atoms with Crippen LogP contribution in [-0.4, -0.2) is 32.0 Å². The lowest BCUT2D eigenvalue weighted by Crippen LogP contribution is -2.20. The first-order chi connectivity index (χ1) is 11.7. The number of nitrogens with zero attached hydrogens (tertiary/aromatic N) is 4. The van der Waals surface area contributed by atoms with E-state index in [0.717, 1.165) is 35.0 Å². The highest BCUT2D eigenvalue weighted by atomic mass is 16.5. The Morgan fingerprint density at radius 2 is 2.25 bits per heavy atom. The molecule has 2 saturated heterocycles. The first kappa shape index (κ1) is 13.8. The van der Waals surface area contributed by atoms with E-state index in [2.05, 4.69) is 27.2 Å². The van der Waals surface area contributed by atoms with Crippen LogP contribution >= 0.6 is 0 Å². The van der Waals surface area contributed by atoms with Crippen LogP contribution in [0.4, 0.5) is 0 Å². The summed E-state index contributed by atoms with van der Waals surface area (Å²) < 4.78 is 7.79. The van der Waals surface area contributed by atoms with Crippen molar-refractivity contribution in [2.24, 2.45) is 13.0 Å². The van der Waals surface area contributed by atoms with E-state index < -0.39 is 0 Å². The minimum absolute atomic E-state index is 0.0566. The molecule has 6 heteroatoms. The normalized spacial score (nSPS) is 28.5. The van der Waals surface area contributed by atoms with Gasteiger partial charge in [0.1, 0.15) is 5.65 Å². The zero-order valence-corrected chi connectivity index (χ0v) is 13.3. The standard InChI is InChI=1S/C18H17N5O/c1-23-9-12(7-22-23)15-8-21-18-14(15)2-11(6-20-18)13-4-16-10(5-19)3-17(13)24-16/h2,6-10,13,16-17H,3-4H2,1H3,(H,20,21)/t10?,13-,16+,17+/m0/s1. The molecule has 2 fully saturated rings.